The summed E-state index contributed by atoms with van der Waals surface area (Å²) in [7, 11) is 0. The van der Waals surface area contributed by atoms with E-state index in [1.165, 1.54) is 0 Å². The fourth-order valence-electron chi connectivity index (χ4n) is 4.29. The number of ether oxygens (including phenoxy) is 1. The first-order chi connectivity index (χ1) is 17.7. The second kappa shape index (κ2) is 12.7. The van der Waals surface area contributed by atoms with Crippen molar-refractivity contribution >= 4 is 29.2 Å². The lowest BCUT2D eigenvalue weighted by Crippen LogP contribution is -2.35. The van der Waals surface area contributed by atoms with E-state index in [1.807, 2.05) is 77.8 Å². The fraction of sp³-hybridized carbons (Fsp3) is 0.286. The van der Waals surface area contributed by atoms with Crippen LogP contribution in [0.3, 0.4) is 0 Å². The first kappa shape index (κ1) is 25.2. The van der Waals surface area contributed by atoms with E-state index < -0.39 is 6.04 Å². The number of halogens is 1. The molecule has 1 amide bonds. The number of carbonyl (C=O) groups excluding carboxylic acids is 1. The average molecular weight is 502 g/mol. The van der Waals surface area contributed by atoms with E-state index in [1.54, 1.807) is 17.3 Å². The third-order valence-electron chi connectivity index (χ3n) is 6.03. The monoisotopic (exact) mass is 501 g/mol. The highest BCUT2D eigenvalue weighted by Crippen LogP contribution is 2.35. The lowest BCUT2D eigenvalue weighted by Gasteiger charge is -2.24. The number of amides is 1. The van der Waals surface area contributed by atoms with Crippen LogP contribution < -0.4 is 9.64 Å². The Hall–Kier alpha value is -3.89. The molecule has 1 aliphatic rings. The van der Waals surface area contributed by atoms with Crippen LogP contribution in [0.1, 0.15) is 43.7 Å². The molecule has 1 unspecified atom stereocenters. The number of pyridine rings is 1. The number of hydrogen-bond donors (Lipinski definition) is 0. The number of nitriles is 1. The summed E-state index contributed by atoms with van der Waals surface area (Å²) < 4.78 is 5.74. The average Bonchev–Trinajstić information content (AvgIpc) is 3.19. The second-order valence-electron chi connectivity index (χ2n) is 8.46. The molecular formula is C28H28ClN5O2. The molecular weight excluding hydrogens is 474 g/mol. The maximum absolute atomic E-state index is 13.6. The second-order valence-corrected chi connectivity index (χ2v) is 8.90. The Kier molecular flexibility index (Phi) is 8.90. The molecule has 1 saturated heterocycles. The topological polar surface area (TPSA) is 81.8 Å². The van der Waals surface area contributed by atoms with Gasteiger partial charge in [-0.15, -0.1) is 4.99 Å². The van der Waals surface area contributed by atoms with Crippen LogP contribution in [-0.4, -0.2) is 34.9 Å². The van der Waals surface area contributed by atoms with Crippen LogP contribution >= 0.6 is 11.6 Å². The Morgan fingerprint density at radius 1 is 0.944 bits per heavy atom. The summed E-state index contributed by atoms with van der Waals surface area (Å²) >= 11 is 5.90. The third kappa shape index (κ3) is 6.21. The van der Waals surface area contributed by atoms with Crippen LogP contribution in [0.2, 0.25) is 5.02 Å². The van der Waals surface area contributed by atoms with Crippen LogP contribution in [0.5, 0.6) is 5.75 Å². The Morgan fingerprint density at radius 2 is 1.64 bits per heavy atom. The molecule has 0 aliphatic carbocycles. The number of benzene rings is 2. The molecule has 184 valence electrons. The largest absolute Gasteiger partial charge is 0.494 e. The molecule has 4 rings (SSSR count). The van der Waals surface area contributed by atoms with Crippen molar-refractivity contribution in [3.63, 3.8) is 0 Å². The quantitative estimate of drug-likeness (QED) is 0.238. The van der Waals surface area contributed by atoms with Gasteiger partial charge in [0.25, 0.3) is 5.91 Å². The maximum atomic E-state index is 13.6. The van der Waals surface area contributed by atoms with Crippen molar-refractivity contribution in [2.45, 2.75) is 38.1 Å². The Labute approximate surface area is 216 Å². The summed E-state index contributed by atoms with van der Waals surface area (Å²) in [6.45, 7) is 1.16. The third-order valence-corrected chi connectivity index (χ3v) is 6.28. The molecule has 1 aromatic heterocycles. The summed E-state index contributed by atoms with van der Waals surface area (Å²) in [5.41, 5.74) is 1.62. The Morgan fingerprint density at radius 3 is 2.36 bits per heavy atom. The van der Waals surface area contributed by atoms with Gasteiger partial charge in [0.2, 0.25) is 12.2 Å². The molecule has 0 saturated carbocycles. The van der Waals surface area contributed by atoms with Crippen LogP contribution in [0.25, 0.3) is 0 Å². The Balaban J connectivity index is 1.34. The number of unbranched alkanes of at least 4 members (excludes halogenated alkanes) is 4. The van der Waals surface area contributed by atoms with Gasteiger partial charge in [0.05, 0.1) is 6.61 Å². The van der Waals surface area contributed by atoms with Gasteiger partial charge in [-0.25, -0.2) is 0 Å². The number of rotatable bonds is 11. The van der Waals surface area contributed by atoms with Crippen LogP contribution in [0, 0.1) is 11.5 Å². The summed E-state index contributed by atoms with van der Waals surface area (Å²) in [4.78, 5) is 25.2. The fourth-order valence-corrected chi connectivity index (χ4v) is 4.42. The number of aliphatic imine (C=N–C) groups is 1. The maximum Gasteiger partial charge on any atom is 0.257 e. The van der Waals surface area contributed by atoms with Gasteiger partial charge in [-0.1, -0.05) is 61.2 Å². The van der Waals surface area contributed by atoms with E-state index in [-0.39, 0.29) is 5.91 Å². The van der Waals surface area contributed by atoms with Gasteiger partial charge >= 0.3 is 0 Å². The van der Waals surface area contributed by atoms with Crippen LogP contribution in [0.15, 0.2) is 84.1 Å². The molecule has 2 heterocycles. The minimum Gasteiger partial charge on any atom is -0.494 e. The van der Waals surface area contributed by atoms with Gasteiger partial charge in [-0.3, -0.25) is 19.6 Å². The number of hydrogen-bond acceptors (Lipinski definition) is 5. The van der Waals surface area contributed by atoms with E-state index >= 15 is 0 Å². The van der Waals surface area contributed by atoms with Crippen molar-refractivity contribution in [2.75, 3.05) is 18.1 Å². The number of aromatic nitrogens is 1. The van der Waals surface area contributed by atoms with E-state index in [4.69, 9.17) is 16.3 Å². The molecule has 0 spiro atoms. The molecule has 1 fully saturated rings. The number of anilines is 1. The molecule has 1 aliphatic heterocycles. The lowest BCUT2D eigenvalue weighted by molar-refractivity contribution is -0.127. The van der Waals surface area contributed by atoms with E-state index in [2.05, 4.69) is 9.98 Å². The predicted molar refractivity (Wildman–Crippen MR) is 141 cm³/mol. The van der Waals surface area contributed by atoms with Crippen molar-refractivity contribution in [1.29, 1.82) is 5.26 Å². The van der Waals surface area contributed by atoms with Crippen molar-refractivity contribution in [3.05, 3.63) is 89.7 Å². The van der Waals surface area contributed by atoms with E-state index in [0.717, 1.165) is 49.1 Å². The van der Waals surface area contributed by atoms with E-state index in [9.17, 15) is 10.1 Å². The molecule has 3 aromatic rings. The molecule has 8 heteroatoms. The van der Waals surface area contributed by atoms with Crippen molar-refractivity contribution < 1.29 is 9.53 Å². The molecule has 0 bridgehead atoms. The SMILES string of the molecule is N#CN=C1N(CCCCCCCOc2ccc(Cl)cc2)C(=O)C(c2ccccc2)N1c1ccncc1. The molecule has 36 heavy (non-hydrogen) atoms. The molecule has 1 atom stereocenters. The molecule has 0 N–H and O–H groups in total. The summed E-state index contributed by atoms with van der Waals surface area (Å²) in [5, 5.41) is 10.1. The van der Waals surface area contributed by atoms with Gasteiger partial charge in [0.1, 0.15) is 11.8 Å². The van der Waals surface area contributed by atoms with Gasteiger partial charge in [0, 0.05) is 29.6 Å². The number of nitrogens with zero attached hydrogens (tertiary/aromatic N) is 5. The Bertz CT molecular complexity index is 1200. The highest BCUT2D eigenvalue weighted by atomic mass is 35.5. The van der Waals surface area contributed by atoms with Gasteiger partial charge < -0.3 is 4.74 Å². The van der Waals surface area contributed by atoms with Gasteiger partial charge in [0.15, 0.2) is 0 Å². The normalized spacial score (nSPS) is 16.4. The smallest absolute Gasteiger partial charge is 0.257 e. The first-order valence-corrected chi connectivity index (χ1v) is 12.5. The summed E-state index contributed by atoms with van der Waals surface area (Å²) in [6, 6.07) is 20.0. The van der Waals surface area contributed by atoms with Crippen molar-refractivity contribution in [3.8, 4) is 11.9 Å². The minimum atomic E-state index is -0.578. The zero-order valence-electron chi connectivity index (χ0n) is 20.0. The lowest BCUT2D eigenvalue weighted by atomic mass is 10.1. The minimum absolute atomic E-state index is 0.0802. The molecule has 7 nitrogen and oxygen atoms in total. The number of carbonyl (C=O) groups is 1. The number of guanidine groups is 1. The molecule has 2 aromatic carbocycles. The van der Waals surface area contributed by atoms with E-state index in [0.29, 0.717) is 24.1 Å². The van der Waals surface area contributed by atoms with Crippen molar-refractivity contribution in [2.24, 2.45) is 4.99 Å². The zero-order valence-corrected chi connectivity index (χ0v) is 20.7. The highest BCUT2D eigenvalue weighted by molar-refractivity contribution is 6.30. The first-order valence-electron chi connectivity index (χ1n) is 12.1. The highest BCUT2D eigenvalue weighted by Gasteiger charge is 2.45. The van der Waals surface area contributed by atoms with Crippen LogP contribution in [0.4, 0.5) is 5.69 Å². The standard InChI is InChI=1S/C28H28ClN5O2/c29-23-11-13-25(14-12-23)36-20-8-3-1-2-7-19-33-27(35)26(22-9-5-4-6-10-22)34(28(33)32-21-30)24-15-17-31-18-16-24/h4-6,9-18,26H,1-3,7-8,19-20H2. The van der Waals surface area contributed by atoms with Crippen molar-refractivity contribution in [1.82, 2.24) is 9.88 Å². The summed E-state index contributed by atoms with van der Waals surface area (Å²) in [5.74, 6) is 1.10. The molecule has 0 radical (unpaired) electrons. The predicted octanol–water partition coefficient (Wildman–Crippen LogP) is 5.99. The summed E-state index contributed by atoms with van der Waals surface area (Å²) in [6.07, 6.45) is 10.0. The zero-order chi connectivity index (χ0) is 25.2. The van der Waals surface area contributed by atoms with Gasteiger partial charge in [-0.05, 0) is 54.8 Å². The van der Waals surface area contributed by atoms with Gasteiger partial charge in [-0.2, -0.15) is 5.26 Å². The van der Waals surface area contributed by atoms with Crippen LogP contribution in [-0.2, 0) is 4.79 Å².